The van der Waals surface area contributed by atoms with Crippen LogP contribution in [0, 0.1) is 6.92 Å². The molecule has 1 aromatic carbocycles. The summed E-state index contributed by atoms with van der Waals surface area (Å²) in [6.45, 7) is 1.58. The van der Waals surface area contributed by atoms with Crippen molar-refractivity contribution < 1.29 is 14.7 Å². The van der Waals surface area contributed by atoms with Gasteiger partial charge in [0.1, 0.15) is 4.88 Å². The van der Waals surface area contributed by atoms with E-state index in [-0.39, 0.29) is 15.9 Å². The summed E-state index contributed by atoms with van der Waals surface area (Å²) in [5.74, 6) is -1.01. The molecule has 3 aromatic rings. The number of carbonyl (C=O) groups is 2. The maximum Gasteiger partial charge on any atom is 0.347 e. The van der Waals surface area contributed by atoms with Crippen molar-refractivity contribution in [1.29, 1.82) is 0 Å². The number of hydrogen-bond donors (Lipinski definition) is 3. The van der Waals surface area contributed by atoms with E-state index < -0.39 is 5.97 Å². The van der Waals surface area contributed by atoms with Gasteiger partial charge in [0.05, 0.1) is 5.69 Å². The molecule has 0 fully saturated rings. The summed E-state index contributed by atoms with van der Waals surface area (Å²) >= 11 is 0.917. The number of tetrazole rings is 1. The first kappa shape index (κ1) is 14.8. The average Bonchev–Trinajstić information content (AvgIpc) is 3.17. The fourth-order valence-electron chi connectivity index (χ4n) is 1.87. The number of benzene rings is 1. The lowest BCUT2D eigenvalue weighted by atomic mass is 10.1. The second-order valence-corrected chi connectivity index (χ2v) is 5.50. The lowest BCUT2D eigenvalue weighted by Gasteiger charge is -2.02. The Morgan fingerprint density at radius 2 is 2.00 bits per heavy atom. The molecule has 2 heterocycles. The molecule has 0 atom stereocenters. The Morgan fingerprint density at radius 3 is 2.57 bits per heavy atom. The minimum absolute atomic E-state index is 0.104. The second-order valence-electron chi connectivity index (χ2n) is 4.51. The standard InChI is InChI=1S/C13H10N6O3S/c1-6-9(12(21)22)23-13(14-6)15-11(20)8-4-2-7(3-5-8)10-16-18-19-17-10/h2-5H,1H3,(H,21,22)(H,14,15,20)(H,16,17,18,19). The predicted molar refractivity (Wildman–Crippen MR) is 81.4 cm³/mol. The Balaban J connectivity index is 1.76. The maximum atomic E-state index is 12.2. The van der Waals surface area contributed by atoms with Crippen LogP contribution in [-0.2, 0) is 0 Å². The Morgan fingerprint density at radius 1 is 1.26 bits per heavy atom. The zero-order valence-corrected chi connectivity index (χ0v) is 12.6. The summed E-state index contributed by atoms with van der Waals surface area (Å²) in [4.78, 5) is 27.3. The summed E-state index contributed by atoms with van der Waals surface area (Å²) in [5.41, 5.74) is 1.49. The van der Waals surface area contributed by atoms with Gasteiger partial charge in [0.25, 0.3) is 5.91 Å². The highest BCUT2D eigenvalue weighted by Crippen LogP contribution is 2.23. The smallest absolute Gasteiger partial charge is 0.347 e. The van der Waals surface area contributed by atoms with Crippen LogP contribution < -0.4 is 5.32 Å². The van der Waals surface area contributed by atoms with E-state index in [0.717, 1.165) is 11.3 Å². The van der Waals surface area contributed by atoms with E-state index >= 15 is 0 Å². The molecule has 0 aliphatic heterocycles. The lowest BCUT2D eigenvalue weighted by molar-refractivity contribution is 0.0701. The highest BCUT2D eigenvalue weighted by Gasteiger charge is 2.16. The highest BCUT2D eigenvalue weighted by atomic mass is 32.1. The number of rotatable bonds is 4. The summed E-state index contributed by atoms with van der Waals surface area (Å²) in [5, 5.41) is 25.3. The molecule has 1 amide bonds. The first-order chi connectivity index (χ1) is 11.0. The van der Waals surface area contributed by atoms with Crippen molar-refractivity contribution in [3.05, 3.63) is 40.4 Å². The number of aromatic carboxylic acids is 1. The number of aromatic amines is 1. The topological polar surface area (TPSA) is 134 Å². The Kier molecular flexibility index (Phi) is 3.81. The third kappa shape index (κ3) is 3.06. The van der Waals surface area contributed by atoms with Gasteiger partial charge in [0.2, 0.25) is 5.82 Å². The lowest BCUT2D eigenvalue weighted by Crippen LogP contribution is -2.11. The van der Waals surface area contributed by atoms with E-state index in [1.54, 1.807) is 31.2 Å². The zero-order chi connectivity index (χ0) is 16.4. The number of amides is 1. The van der Waals surface area contributed by atoms with Gasteiger partial charge in [-0.2, -0.15) is 5.21 Å². The first-order valence-electron chi connectivity index (χ1n) is 6.40. The van der Waals surface area contributed by atoms with Crippen LogP contribution in [0.3, 0.4) is 0 Å². The number of aromatic nitrogens is 5. The average molecular weight is 330 g/mol. The van der Waals surface area contributed by atoms with E-state index in [0.29, 0.717) is 22.6 Å². The molecule has 0 saturated heterocycles. The molecular formula is C13H10N6O3S. The summed E-state index contributed by atoms with van der Waals surface area (Å²) < 4.78 is 0. The molecule has 0 unspecified atom stereocenters. The van der Waals surface area contributed by atoms with Crippen LogP contribution >= 0.6 is 11.3 Å². The van der Waals surface area contributed by atoms with Gasteiger partial charge in [-0.3, -0.25) is 10.1 Å². The molecule has 0 bridgehead atoms. The SMILES string of the molecule is Cc1nc(NC(=O)c2ccc(-c3nn[nH]n3)cc2)sc1C(=O)O. The number of carboxylic acids is 1. The van der Waals surface area contributed by atoms with Gasteiger partial charge in [-0.15, -0.1) is 10.2 Å². The third-order valence-electron chi connectivity index (χ3n) is 2.96. The first-order valence-corrected chi connectivity index (χ1v) is 7.22. The van der Waals surface area contributed by atoms with Crippen LogP contribution in [-0.4, -0.2) is 42.6 Å². The quantitative estimate of drug-likeness (QED) is 0.661. The number of nitrogens with one attached hydrogen (secondary N) is 2. The van der Waals surface area contributed by atoms with Crippen molar-refractivity contribution in [2.75, 3.05) is 5.32 Å². The number of H-pyrrole nitrogens is 1. The third-order valence-corrected chi connectivity index (χ3v) is 4.02. The van der Waals surface area contributed by atoms with Gasteiger partial charge in [0.15, 0.2) is 5.13 Å². The van der Waals surface area contributed by atoms with E-state index in [9.17, 15) is 9.59 Å². The summed E-state index contributed by atoms with van der Waals surface area (Å²) in [6, 6.07) is 6.60. The molecule has 23 heavy (non-hydrogen) atoms. The van der Waals surface area contributed by atoms with Crippen LogP contribution in [0.1, 0.15) is 25.7 Å². The van der Waals surface area contributed by atoms with E-state index in [4.69, 9.17) is 5.11 Å². The molecule has 0 radical (unpaired) electrons. The largest absolute Gasteiger partial charge is 0.477 e. The fourth-order valence-corrected chi connectivity index (χ4v) is 2.67. The van der Waals surface area contributed by atoms with Gasteiger partial charge in [-0.1, -0.05) is 23.5 Å². The van der Waals surface area contributed by atoms with Crippen molar-refractivity contribution in [2.24, 2.45) is 0 Å². The molecule has 3 rings (SSSR count). The molecule has 2 aromatic heterocycles. The number of carbonyl (C=O) groups excluding carboxylic acids is 1. The normalized spacial score (nSPS) is 10.5. The van der Waals surface area contributed by atoms with Gasteiger partial charge < -0.3 is 5.11 Å². The number of nitrogens with zero attached hydrogens (tertiary/aromatic N) is 4. The number of aryl methyl sites for hydroxylation is 1. The Hall–Kier alpha value is -3.14. The van der Waals surface area contributed by atoms with Crippen LogP contribution in [0.4, 0.5) is 5.13 Å². The highest BCUT2D eigenvalue weighted by molar-refractivity contribution is 7.17. The maximum absolute atomic E-state index is 12.2. The van der Waals surface area contributed by atoms with Crippen molar-refractivity contribution in [3.8, 4) is 11.4 Å². The van der Waals surface area contributed by atoms with Gasteiger partial charge >= 0.3 is 5.97 Å². The molecule has 10 heteroatoms. The molecule has 116 valence electrons. The van der Waals surface area contributed by atoms with Crippen molar-refractivity contribution >= 4 is 28.3 Å². The second kappa shape index (κ2) is 5.93. The number of hydrogen-bond acceptors (Lipinski definition) is 7. The number of thiazole rings is 1. The van der Waals surface area contributed by atoms with Crippen LogP contribution in [0.15, 0.2) is 24.3 Å². The molecule has 0 aliphatic carbocycles. The monoisotopic (exact) mass is 330 g/mol. The molecule has 0 saturated carbocycles. The Labute approximate surface area is 133 Å². The van der Waals surface area contributed by atoms with Gasteiger partial charge in [-0.05, 0) is 24.3 Å². The van der Waals surface area contributed by atoms with Crippen molar-refractivity contribution in [2.45, 2.75) is 6.92 Å². The van der Waals surface area contributed by atoms with E-state index in [1.165, 1.54) is 0 Å². The number of carboxylic acid groups (broad SMARTS) is 1. The molecular weight excluding hydrogens is 320 g/mol. The van der Waals surface area contributed by atoms with Crippen molar-refractivity contribution in [3.63, 3.8) is 0 Å². The van der Waals surface area contributed by atoms with E-state index in [1.807, 2.05) is 0 Å². The predicted octanol–water partition coefficient (Wildman–Crippen LogP) is 1.58. The van der Waals surface area contributed by atoms with E-state index in [2.05, 4.69) is 30.9 Å². The van der Waals surface area contributed by atoms with Crippen molar-refractivity contribution in [1.82, 2.24) is 25.6 Å². The minimum atomic E-state index is -1.06. The summed E-state index contributed by atoms with van der Waals surface area (Å²) in [7, 11) is 0. The van der Waals surface area contributed by atoms with Gasteiger partial charge in [-0.25, -0.2) is 9.78 Å². The van der Waals surface area contributed by atoms with Crippen LogP contribution in [0.5, 0.6) is 0 Å². The molecule has 0 aliphatic rings. The molecule has 9 nitrogen and oxygen atoms in total. The van der Waals surface area contributed by atoms with Crippen LogP contribution in [0.25, 0.3) is 11.4 Å². The number of anilines is 1. The fraction of sp³-hybridized carbons (Fsp3) is 0.0769. The minimum Gasteiger partial charge on any atom is -0.477 e. The van der Waals surface area contributed by atoms with Crippen LogP contribution in [0.2, 0.25) is 0 Å². The molecule has 3 N–H and O–H groups in total. The van der Waals surface area contributed by atoms with Gasteiger partial charge in [0, 0.05) is 11.1 Å². The summed E-state index contributed by atoms with van der Waals surface area (Å²) in [6.07, 6.45) is 0. The zero-order valence-electron chi connectivity index (χ0n) is 11.8. The Bertz CT molecular complexity index is 856. The molecule has 0 spiro atoms.